The molecule has 0 radical (unpaired) electrons. The molecule has 6 heteroatoms. The number of nitrogens with one attached hydrogen (secondary N) is 1. The summed E-state index contributed by atoms with van der Waals surface area (Å²) in [6, 6.07) is 10.6. The van der Waals surface area contributed by atoms with Gasteiger partial charge in [-0.15, -0.1) is 0 Å². The second-order valence-electron chi connectivity index (χ2n) is 5.59. The van der Waals surface area contributed by atoms with Gasteiger partial charge in [-0.05, 0) is 47.9 Å². The van der Waals surface area contributed by atoms with E-state index in [0.29, 0.717) is 16.3 Å². The number of rotatable bonds is 6. The molecule has 0 saturated carbocycles. The Hall–Kier alpha value is -2.79. The first-order chi connectivity index (χ1) is 12.4. The number of methoxy groups -OCH3 is 2. The van der Waals surface area contributed by atoms with Gasteiger partial charge < -0.3 is 14.8 Å². The van der Waals surface area contributed by atoms with Gasteiger partial charge in [0.05, 0.1) is 14.2 Å². The standard InChI is InChI=1S/C20H20ClNO4/c1-13-4-5-14(11-17(13)21)7-9-19(23)22-12-15-6-8-18(25-2)16(10-15)20(24)26-3/h4-11H,12H2,1-3H3,(H,22,23)/b9-7+. The fourth-order valence-corrected chi connectivity index (χ4v) is 2.46. The van der Waals surface area contributed by atoms with Gasteiger partial charge in [-0.2, -0.15) is 0 Å². The average molecular weight is 374 g/mol. The molecule has 0 aliphatic rings. The van der Waals surface area contributed by atoms with Crippen LogP contribution in [0.1, 0.15) is 27.0 Å². The van der Waals surface area contributed by atoms with Gasteiger partial charge in [-0.3, -0.25) is 4.79 Å². The lowest BCUT2D eigenvalue weighted by molar-refractivity contribution is -0.116. The van der Waals surface area contributed by atoms with Gasteiger partial charge in [-0.25, -0.2) is 4.79 Å². The van der Waals surface area contributed by atoms with E-state index in [-0.39, 0.29) is 12.5 Å². The van der Waals surface area contributed by atoms with Crippen molar-refractivity contribution in [3.8, 4) is 5.75 Å². The van der Waals surface area contributed by atoms with Gasteiger partial charge in [0.15, 0.2) is 0 Å². The Morgan fingerprint density at radius 3 is 2.58 bits per heavy atom. The highest BCUT2D eigenvalue weighted by molar-refractivity contribution is 6.31. The lowest BCUT2D eigenvalue weighted by Gasteiger charge is -2.09. The van der Waals surface area contributed by atoms with E-state index < -0.39 is 5.97 Å². The number of hydrogen-bond donors (Lipinski definition) is 1. The highest BCUT2D eigenvalue weighted by Crippen LogP contribution is 2.21. The quantitative estimate of drug-likeness (QED) is 0.618. The van der Waals surface area contributed by atoms with Crippen molar-refractivity contribution in [2.75, 3.05) is 14.2 Å². The van der Waals surface area contributed by atoms with Crippen molar-refractivity contribution in [2.45, 2.75) is 13.5 Å². The molecule has 1 N–H and O–H groups in total. The maximum atomic E-state index is 12.0. The number of esters is 1. The van der Waals surface area contributed by atoms with Crippen LogP contribution in [0, 0.1) is 6.92 Å². The van der Waals surface area contributed by atoms with E-state index in [1.165, 1.54) is 20.3 Å². The maximum absolute atomic E-state index is 12.0. The first kappa shape index (κ1) is 19.5. The van der Waals surface area contributed by atoms with Crippen LogP contribution >= 0.6 is 11.6 Å². The van der Waals surface area contributed by atoms with Crippen LogP contribution in [0.5, 0.6) is 5.75 Å². The van der Waals surface area contributed by atoms with Gasteiger partial charge in [0.2, 0.25) is 5.91 Å². The van der Waals surface area contributed by atoms with Crippen LogP contribution in [0.25, 0.3) is 6.08 Å². The molecule has 2 aromatic rings. The number of hydrogen-bond acceptors (Lipinski definition) is 4. The largest absolute Gasteiger partial charge is 0.496 e. The minimum atomic E-state index is -0.494. The van der Waals surface area contributed by atoms with Crippen LogP contribution in [0.3, 0.4) is 0 Å². The van der Waals surface area contributed by atoms with Crippen molar-refractivity contribution < 1.29 is 19.1 Å². The summed E-state index contributed by atoms with van der Waals surface area (Å²) < 4.78 is 9.88. The molecule has 0 aromatic heterocycles. The zero-order valence-corrected chi connectivity index (χ0v) is 15.6. The molecule has 0 aliphatic heterocycles. The molecular weight excluding hydrogens is 354 g/mol. The van der Waals surface area contributed by atoms with Crippen molar-refractivity contribution in [3.05, 3.63) is 69.8 Å². The summed E-state index contributed by atoms with van der Waals surface area (Å²) in [7, 11) is 2.78. The highest BCUT2D eigenvalue weighted by atomic mass is 35.5. The van der Waals surface area contributed by atoms with Gasteiger partial charge >= 0.3 is 5.97 Å². The van der Waals surface area contributed by atoms with Gasteiger partial charge in [0.25, 0.3) is 0 Å². The molecule has 0 spiro atoms. The van der Waals surface area contributed by atoms with Crippen molar-refractivity contribution in [3.63, 3.8) is 0 Å². The number of benzene rings is 2. The van der Waals surface area contributed by atoms with Crippen molar-refractivity contribution in [1.29, 1.82) is 0 Å². The van der Waals surface area contributed by atoms with E-state index >= 15 is 0 Å². The predicted octanol–water partition coefficient (Wildman–Crippen LogP) is 3.77. The Bertz CT molecular complexity index is 846. The second-order valence-corrected chi connectivity index (χ2v) is 5.99. The van der Waals surface area contributed by atoms with Crippen molar-refractivity contribution in [1.82, 2.24) is 5.32 Å². The highest BCUT2D eigenvalue weighted by Gasteiger charge is 2.13. The zero-order valence-electron chi connectivity index (χ0n) is 14.8. The summed E-state index contributed by atoms with van der Waals surface area (Å²) >= 11 is 6.06. The SMILES string of the molecule is COC(=O)c1cc(CNC(=O)/C=C/c2ccc(C)c(Cl)c2)ccc1OC. The predicted molar refractivity (Wildman–Crippen MR) is 101 cm³/mol. The molecule has 2 aromatic carbocycles. The summed E-state index contributed by atoms with van der Waals surface area (Å²) in [6.45, 7) is 2.19. The molecule has 2 rings (SSSR count). The van der Waals surface area contributed by atoms with E-state index in [1.54, 1.807) is 30.3 Å². The van der Waals surface area contributed by atoms with Crippen LogP contribution < -0.4 is 10.1 Å². The summed E-state index contributed by atoms with van der Waals surface area (Å²) in [6.07, 6.45) is 3.13. The molecule has 0 saturated heterocycles. The number of ether oxygens (including phenoxy) is 2. The van der Waals surface area contributed by atoms with E-state index in [9.17, 15) is 9.59 Å². The average Bonchev–Trinajstić information content (AvgIpc) is 2.66. The van der Waals surface area contributed by atoms with Crippen LogP contribution in [-0.4, -0.2) is 26.1 Å². The summed E-state index contributed by atoms with van der Waals surface area (Å²) in [5.41, 5.74) is 2.89. The molecular formula is C20H20ClNO4. The molecule has 0 fully saturated rings. The Morgan fingerprint density at radius 2 is 1.92 bits per heavy atom. The zero-order chi connectivity index (χ0) is 19.1. The number of aryl methyl sites for hydroxylation is 1. The van der Waals surface area contributed by atoms with Crippen molar-refractivity contribution >= 4 is 29.6 Å². The third-order valence-electron chi connectivity index (χ3n) is 3.76. The Morgan fingerprint density at radius 1 is 1.15 bits per heavy atom. The fourth-order valence-electron chi connectivity index (χ4n) is 2.27. The first-order valence-electron chi connectivity index (χ1n) is 7.92. The molecule has 136 valence electrons. The molecule has 0 aliphatic carbocycles. The van der Waals surface area contributed by atoms with E-state index in [4.69, 9.17) is 21.1 Å². The Kier molecular flexibility index (Phi) is 6.81. The molecule has 5 nitrogen and oxygen atoms in total. The van der Waals surface area contributed by atoms with Crippen LogP contribution in [-0.2, 0) is 16.1 Å². The lowest BCUT2D eigenvalue weighted by atomic mass is 10.1. The minimum absolute atomic E-state index is 0.253. The number of carbonyl (C=O) groups is 2. The number of halogens is 1. The van der Waals surface area contributed by atoms with Gasteiger partial charge in [-0.1, -0.05) is 29.8 Å². The molecule has 0 unspecified atom stereocenters. The molecule has 0 atom stereocenters. The summed E-state index contributed by atoms with van der Waals surface area (Å²) in [5, 5.41) is 3.42. The monoisotopic (exact) mass is 373 g/mol. The first-order valence-corrected chi connectivity index (χ1v) is 8.29. The molecule has 26 heavy (non-hydrogen) atoms. The Labute approximate surface area is 157 Å². The lowest BCUT2D eigenvalue weighted by Crippen LogP contribution is -2.20. The van der Waals surface area contributed by atoms with Gasteiger partial charge in [0.1, 0.15) is 11.3 Å². The molecule has 1 amide bonds. The minimum Gasteiger partial charge on any atom is -0.496 e. The number of amides is 1. The number of carbonyl (C=O) groups excluding carboxylic acids is 2. The molecule has 0 heterocycles. The smallest absolute Gasteiger partial charge is 0.341 e. The summed E-state index contributed by atoms with van der Waals surface area (Å²) in [4.78, 5) is 23.8. The van der Waals surface area contributed by atoms with E-state index in [1.807, 2.05) is 19.1 Å². The van der Waals surface area contributed by atoms with Gasteiger partial charge in [0, 0.05) is 17.6 Å². The third kappa shape index (κ3) is 5.10. The van der Waals surface area contributed by atoms with Crippen LogP contribution in [0.2, 0.25) is 5.02 Å². The van der Waals surface area contributed by atoms with Crippen molar-refractivity contribution in [2.24, 2.45) is 0 Å². The second kappa shape index (κ2) is 9.06. The summed E-state index contributed by atoms with van der Waals surface area (Å²) in [5.74, 6) is -0.327. The maximum Gasteiger partial charge on any atom is 0.341 e. The Balaban J connectivity index is 2.01. The van der Waals surface area contributed by atoms with Crippen LogP contribution in [0.15, 0.2) is 42.5 Å². The topological polar surface area (TPSA) is 64.6 Å². The van der Waals surface area contributed by atoms with Crippen LogP contribution in [0.4, 0.5) is 0 Å². The fraction of sp³-hybridized carbons (Fsp3) is 0.200. The third-order valence-corrected chi connectivity index (χ3v) is 4.17. The molecule has 0 bridgehead atoms. The van der Waals surface area contributed by atoms with E-state index in [2.05, 4.69) is 5.32 Å². The normalized spacial score (nSPS) is 10.6. The van der Waals surface area contributed by atoms with E-state index in [0.717, 1.165) is 16.7 Å².